The number of carbonyl (C=O) groups is 3. The van der Waals surface area contributed by atoms with Gasteiger partial charge in [-0.25, -0.2) is 9.59 Å². The Morgan fingerprint density at radius 2 is 1.50 bits per heavy atom. The summed E-state index contributed by atoms with van der Waals surface area (Å²) in [7, 11) is 0. The van der Waals surface area contributed by atoms with Gasteiger partial charge in [-0.1, -0.05) is 0 Å². The van der Waals surface area contributed by atoms with Crippen LogP contribution in [0.25, 0.3) is 0 Å². The highest BCUT2D eigenvalue weighted by Crippen LogP contribution is 2.19. The van der Waals surface area contributed by atoms with E-state index in [2.05, 4.69) is 0 Å². The minimum absolute atomic E-state index is 1.23. The topological polar surface area (TPSA) is 173 Å². The molecule has 3 atom stereocenters. The highest BCUT2D eigenvalue weighted by atomic mass is 16.5. The van der Waals surface area contributed by atoms with Crippen molar-refractivity contribution in [2.24, 2.45) is 0 Å². The molecule has 0 aliphatic heterocycles. The third-order valence-electron chi connectivity index (χ3n) is 1.87. The van der Waals surface area contributed by atoms with Crippen LogP contribution in [0, 0.1) is 0 Å². The largest absolute Gasteiger partial charge is 0.481 e. The Bertz CT molecular complexity index is 311. The van der Waals surface area contributed by atoms with Gasteiger partial charge in [0.1, 0.15) is 6.10 Å². The van der Waals surface area contributed by atoms with E-state index in [1.807, 2.05) is 0 Å². The smallest absolute Gasteiger partial charge is 0.341 e. The van der Waals surface area contributed by atoms with Crippen LogP contribution in [0.2, 0.25) is 0 Å². The number of hydrogen-bond acceptors (Lipinski definition) is 6. The average Bonchev–Trinajstić information content (AvgIpc) is 2.13. The van der Waals surface area contributed by atoms with Crippen LogP contribution in [0.1, 0.15) is 6.42 Å². The highest BCUT2D eigenvalue weighted by molar-refractivity contribution is 5.88. The molecule has 0 aromatic rings. The average molecular weight is 238 g/mol. The van der Waals surface area contributed by atoms with Crippen LogP contribution < -0.4 is 0 Å². The molecule has 0 saturated heterocycles. The molecule has 16 heavy (non-hydrogen) atoms. The SMILES string of the molecule is O=C(O)CC(O)C(O)(C(=O)O)C(O)C(=O)O. The number of carboxylic acids is 3. The number of aliphatic hydroxyl groups is 3. The third-order valence-corrected chi connectivity index (χ3v) is 1.87. The molecular formula is C7H10O9. The summed E-state index contributed by atoms with van der Waals surface area (Å²) >= 11 is 0. The van der Waals surface area contributed by atoms with E-state index in [1.165, 1.54) is 0 Å². The molecule has 0 aliphatic rings. The second-order valence-corrected chi connectivity index (χ2v) is 2.98. The molecule has 0 spiro atoms. The van der Waals surface area contributed by atoms with Crippen LogP contribution in [0.15, 0.2) is 0 Å². The first-order chi connectivity index (χ1) is 7.13. The Labute approximate surface area is 88.2 Å². The van der Waals surface area contributed by atoms with Crippen LogP contribution in [-0.2, 0) is 14.4 Å². The van der Waals surface area contributed by atoms with Gasteiger partial charge in [-0.05, 0) is 0 Å². The molecule has 0 aliphatic carbocycles. The van der Waals surface area contributed by atoms with E-state index in [4.69, 9.17) is 25.5 Å². The van der Waals surface area contributed by atoms with Gasteiger partial charge in [0.15, 0.2) is 6.10 Å². The van der Waals surface area contributed by atoms with Gasteiger partial charge in [0.2, 0.25) is 5.60 Å². The monoisotopic (exact) mass is 238 g/mol. The third kappa shape index (κ3) is 2.66. The van der Waals surface area contributed by atoms with Crippen molar-refractivity contribution < 1.29 is 45.0 Å². The number of hydrogen-bond donors (Lipinski definition) is 6. The Morgan fingerprint density at radius 3 is 1.75 bits per heavy atom. The molecule has 0 saturated carbocycles. The molecule has 9 heteroatoms. The van der Waals surface area contributed by atoms with Crippen LogP contribution in [0.3, 0.4) is 0 Å². The lowest BCUT2D eigenvalue weighted by molar-refractivity contribution is -0.202. The summed E-state index contributed by atoms with van der Waals surface area (Å²) in [5.41, 5.74) is -3.48. The number of aliphatic hydroxyl groups excluding tert-OH is 2. The van der Waals surface area contributed by atoms with Gasteiger partial charge in [0.25, 0.3) is 0 Å². The predicted molar refractivity (Wildman–Crippen MR) is 44.5 cm³/mol. The molecule has 0 rings (SSSR count). The zero-order chi connectivity index (χ0) is 13.1. The first-order valence-electron chi connectivity index (χ1n) is 3.90. The quantitative estimate of drug-likeness (QED) is 0.283. The molecular weight excluding hydrogens is 228 g/mol. The fourth-order valence-electron chi connectivity index (χ4n) is 0.951. The zero-order valence-electron chi connectivity index (χ0n) is 7.77. The van der Waals surface area contributed by atoms with Crippen molar-refractivity contribution in [3.63, 3.8) is 0 Å². The highest BCUT2D eigenvalue weighted by Gasteiger charge is 2.54. The second kappa shape index (κ2) is 4.88. The van der Waals surface area contributed by atoms with E-state index in [-0.39, 0.29) is 0 Å². The van der Waals surface area contributed by atoms with Gasteiger partial charge in [-0.15, -0.1) is 0 Å². The van der Waals surface area contributed by atoms with Crippen LogP contribution in [0.4, 0.5) is 0 Å². The van der Waals surface area contributed by atoms with Gasteiger partial charge in [-0.3, -0.25) is 4.79 Å². The lowest BCUT2D eigenvalue weighted by Crippen LogP contribution is -2.61. The van der Waals surface area contributed by atoms with Crippen LogP contribution in [0.5, 0.6) is 0 Å². The van der Waals surface area contributed by atoms with Gasteiger partial charge < -0.3 is 30.6 Å². The minimum Gasteiger partial charge on any atom is -0.481 e. The summed E-state index contributed by atoms with van der Waals surface area (Å²) in [5.74, 6) is -6.00. The van der Waals surface area contributed by atoms with Gasteiger partial charge in [0, 0.05) is 0 Å². The zero-order valence-corrected chi connectivity index (χ0v) is 7.77. The van der Waals surface area contributed by atoms with E-state index in [0.29, 0.717) is 0 Å². The molecule has 0 heterocycles. The lowest BCUT2D eigenvalue weighted by atomic mass is 9.88. The van der Waals surface area contributed by atoms with Crippen molar-refractivity contribution in [3.8, 4) is 0 Å². The molecule has 0 aromatic heterocycles. The van der Waals surface area contributed by atoms with Crippen molar-refractivity contribution in [1.29, 1.82) is 0 Å². The molecule has 92 valence electrons. The molecule has 6 N–H and O–H groups in total. The van der Waals surface area contributed by atoms with Crippen molar-refractivity contribution >= 4 is 17.9 Å². The Balaban J connectivity index is 5.18. The maximum absolute atomic E-state index is 10.6. The van der Waals surface area contributed by atoms with E-state index in [1.54, 1.807) is 0 Å². The molecule has 0 radical (unpaired) electrons. The van der Waals surface area contributed by atoms with E-state index >= 15 is 0 Å². The van der Waals surface area contributed by atoms with Gasteiger partial charge in [-0.2, -0.15) is 0 Å². The molecule has 9 nitrogen and oxygen atoms in total. The second-order valence-electron chi connectivity index (χ2n) is 2.98. The van der Waals surface area contributed by atoms with E-state index < -0.39 is 42.1 Å². The molecule has 0 aromatic carbocycles. The van der Waals surface area contributed by atoms with Crippen molar-refractivity contribution in [1.82, 2.24) is 0 Å². The molecule has 0 amide bonds. The number of rotatable bonds is 6. The predicted octanol–water partition coefficient (Wildman–Crippen LogP) is -2.92. The molecule has 3 unspecified atom stereocenters. The van der Waals surface area contributed by atoms with Crippen molar-refractivity contribution in [2.45, 2.75) is 24.2 Å². The Kier molecular flexibility index (Phi) is 4.35. The summed E-state index contributed by atoms with van der Waals surface area (Å²) < 4.78 is 0. The van der Waals surface area contributed by atoms with Crippen molar-refractivity contribution in [2.75, 3.05) is 0 Å². The van der Waals surface area contributed by atoms with Gasteiger partial charge in [0.05, 0.1) is 6.42 Å². The Morgan fingerprint density at radius 1 is 1.06 bits per heavy atom. The summed E-state index contributed by atoms with van der Waals surface area (Å²) in [6.07, 6.45) is -6.54. The first-order valence-corrected chi connectivity index (χ1v) is 3.90. The number of carboxylic acid groups (broad SMARTS) is 3. The maximum atomic E-state index is 10.6. The first kappa shape index (κ1) is 14.3. The summed E-state index contributed by atoms with van der Waals surface area (Å²) in [5, 5.41) is 52.4. The normalized spacial score (nSPS) is 18.2. The summed E-state index contributed by atoms with van der Waals surface area (Å²) in [6, 6.07) is 0. The van der Waals surface area contributed by atoms with Crippen LogP contribution >= 0.6 is 0 Å². The Hall–Kier alpha value is -1.71. The van der Waals surface area contributed by atoms with Crippen molar-refractivity contribution in [3.05, 3.63) is 0 Å². The van der Waals surface area contributed by atoms with E-state index in [0.717, 1.165) is 0 Å². The molecule has 0 fully saturated rings. The summed E-state index contributed by atoms with van der Waals surface area (Å²) in [6.45, 7) is 0. The lowest BCUT2D eigenvalue weighted by Gasteiger charge is -2.29. The fraction of sp³-hybridized carbons (Fsp3) is 0.571. The molecule has 0 bridgehead atoms. The van der Waals surface area contributed by atoms with Crippen LogP contribution in [-0.4, -0.2) is 66.4 Å². The standard InChI is InChI=1S/C7H10O9/c8-2(1-3(9)10)7(16,6(14)15)4(11)5(12)13/h2,4,8,11,16H,1H2,(H,9,10)(H,12,13)(H,14,15). The van der Waals surface area contributed by atoms with E-state index in [9.17, 15) is 19.5 Å². The summed E-state index contributed by atoms with van der Waals surface area (Å²) in [4.78, 5) is 31.1. The maximum Gasteiger partial charge on any atom is 0.341 e. The number of aliphatic carboxylic acids is 3. The minimum atomic E-state index is -3.48. The fourth-order valence-corrected chi connectivity index (χ4v) is 0.951. The van der Waals surface area contributed by atoms with Gasteiger partial charge >= 0.3 is 17.9 Å².